The molecule has 0 bridgehead atoms. The molecule has 0 saturated heterocycles. The van der Waals surface area contributed by atoms with Crippen molar-refractivity contribution in [3.8, 4) is 0 Å². The van der Waals surface area contributed by atoms with E-state index in [9.17, 15) is 9.59 Å². The molecular formula is C10H5Br2NO2. The van der Waals surface area contributed by atoms with Gasteiger partial charge in [0.2, 0.25) is 0 Å². The molecule has 0 radical (unpaired) electrons. The maximum absolute atomic E-state index is 11.4. The normalized spacial score (nSPS) is 15.2. The van der Waals surface area contributed by atoms with Crippen LogP contribution < -0.4 is 5.32 Å². The molecule has 1 aliphatic rings. The summed E-state index contributed by atoms with van der Waals surface area (Å²) in [7, 11) is 0. The summed E-state index contributed by atoms with van der Waals surface area (Å²) in [5.74, 6) is -0.719. The lowest BCUT2D eigenvalue weighted by Gasteiger charge is -2.02. The average Bonchev–Trinajstić information content (AvgIpc) is 2.50. The SMILES string of the molecule is O=C1C=C(c2ccc(Br)c(Br)c2)C(=O)N1. The zero-order valence-electron chi connectivity index (χ0n) is 7.38. The molecule has 0 aliphatic carbocycles. The van der Waals surface area contributed by atoms with Crippen LogP contribution in [-0.4, -0.2) is 11.8 Å². The first-order valence-electron chi connectivity index (χ1n) is 4.10. The van der Waals surface area contributed by atoms with E-state index in [0.717, 1.165) is 8.95 Å². The van der Waals surface area contributed by atoms with E-state index in [1.165, 1.54) is 6.08 Å². The quantitative estimate of drug-likeness (QED) is 0.803. The van der Waals surface area contributed by atoms with Crippen molar-refractivity contribution in [1.82, 2.24) is 5.32 Å². The number of benzene rings is 1. The molecule has 76 valence electrons. The van der Waals surface area contributed by atoms with Gasteiger partial charge in [-0.25, -0.2) is 0 Å². The molecule has 1 N–H and O–H groups in total. The van der Waals surface area contributed by atoms with Crippen molar-refractivity contribution in [2.45, 2.75) is 0 Å². The second-order valence-corrected chi connectivity index (χ2v) is 4.71. The monoisotopic (exact) mass is 329 g/mol. The van der Waals surface area contributed by atoms with Crippen LogP contribution in [0.1, 0.15) is 5.56 Å². The molecule has 0 fully saturated rings. The van der Waals surface area contributed by atoms with Gasteiger partial charge in [-0.2, -0.15) is 0 Å². The number of rotatable bonds is 1. The van der Waals surface area contributed by atoms with E-state index in [-0.39, 0.29) is 11.8 Å². The highest BCUT2D eigenvalue weighted by Gasteiger charge is 2.22. The summed E-state index contributed by atoms with van der Waals surface area (Å²) >= 11 is 6.67. The van der Waals surface area contributed by atoms with Crippen LogP contribution in [0.15, 0.2) is 33.2 Å². The van der Waals surface area contributed by atoms with E-state index < -0.39 is 0 Å². The zero-order chi connectivity index (χ0) is 11.0. The van der Waals surface area contributed by atoms with Crippen LogP contribution in [0.5, 0.6) is 0 Å². The number of carbonyl (C=O) groups is 2. The number of halogens is 2. The molecule has 1 aromatic carbocycles. The summed E-state index contributed by atoms with van der Waals surface area (Å²) in [5, 5.41) is 2.20. The zero-order valence-corrected chi connectivity index (χ0v) is 10.6. The topological polar surface area (TPSA) is 46.2 Å². The Kier molecular flexibility index (Phi) is 2.75. The molecule has 1 aliphatic heterocycles. The Morgan fingerprint density at radius 3 is 2.33 bits per heavy atom. The first kappa shape index (κ1) is 10.6. The Bertz CT molecular complexity index is 494. The molecule has 5 heteroatoms. The van der Waals surface area contributed by atoms with Crippen molar-refractivity contribution in [1.29, 1.82) is 0 Å². The fourth-order valence-electron chi connectivity index (χ4n) is 1.29. The molecule has 1 aromatic rings. The molecule has 0 unspecified atom stereocenters. The predicted molar refractivity (Wildman–Crippen MR) is 63.0 cm³/mol. The maximum atomic E-state index is 11.4. The van der Waals surface area contributed by atoms with Crippen LogP contribution >= 0.6 is 31.9 Å². The van der Waals surface area contributed by atoms with Gasteiger partial charge in [0.1, 0.15) is 0 Å². The number of imide groups is 1. The van der Waals surface area contributed by atoms with Crippen molar-refractivity contribution < 1.29 is 9.59 Å². The van der Waals surface area contributed by atoms with Crippen LogP contribution in [0, 0.1) is 0 Å². The van der Waals surface area contributed by atoms with Gasteiger partial charge in [0.15, 0.2) is 0 Å². The number of hydrogen-bond donors (Lipinski definition) is 1. The van der Waals surface area contributed by atoms with Gasteiger partial charge >= 0.3 is 0 Å². The largest absolute Gasteiger partial charge is 0.289 e. The smallest absolute Gasteiger partial charge is 0.258 e. The standard InChI is InChI=1S/C10H5Br2NO2/c11-7-2-1-5(3-8(7)12)6-4-9(14)13-10(6)15/h1-4H,(H,13,14,15). The third kappa shape index (κ3) is 2.03. The highest BCUT2D eigenvalue weighted by Crippen LogP contribution is 2.27. The van der Waals surface area contributed by atoms with Gasteiger partial charge in [-0.1, -0.05) is 6.07 Å². The molecule has 1 heterocycles. The van der Waals surface area contributed by atoms with E-state index in [0.29, 0.717) is 11.1 Å². The summed E-state index contributed by atoms with van der Waals surface area (Å²) in [6.45, 7) is 0. The van der Waals surface area contributed by atoms with Gasteiger partial charge < -0.3 is 0 Å². The maximum Gasteiger partial charge on any atom is 0.258 e. The Balaban J connectivity index is 2.47. The van der Waals surface area contributed by atoms with Crippen molar-refractivity contribution in [2.24, 2.45) is 0 Å². The second-order valence-electron chi connectivity index (χ2n) is 3.01. The minimum absolute atomic E-state index is 0.353. The lowest BCUT2D eigenvalue weighted by Crippen LogP contribution is -2.21. The molecular weight excluding hydrogens is 326 g/mol. The van der Waals surface area contributed by atoms with E-state index in [4.69, 9.17) is 0 Å². The highest BCUT2D eigenvalue weighted by atomic mass is 79.9. The minimum Gasteiger partial charge on any atom is -0.289 e. The summed E-state index contributed by atoms with van der Waals surface area (Å²) in [5.41, 5.74) is 1.11. The van der Waals surface area contributed by atoms with Gasteiger partial charge in [0.05, 0.1) is 5.57 Å². The molecule has 0 spiro atoms. The third-order valence-corrected chi connectivity index (χ3v) is 3.87. The molecule has 0 aromatic heterocycles. The van der Waals surface area contributed by atoms with Crippen LogP contribution in [0.4, 0.5) is 0 Å². The van der Waals surface area contributed by atoms with Gasteiger partial charge in [0.25, 0.3) is 11.8 Å². The predicted octanol–water partition coefficient (Wildman–Crippen LogP) is 2.25. The Morgan fingerprint density at radius 1 is 1.07 bits per heavy atom. The Labute approximate surface area is 103 Å². The number of nitrogens with one attached hydrogen (secondary N) is 1. The Hall–Kier alpha value is -0.940. The van der Waals surface area contributed by atoms with Crippen molar-refractivity contribution >= 4 is 49.2 Å². The summed E-state index contributed by atoms with van der Waals surface area (Å²) in [6, 6.07) is 5.38. The summed E-state index contributed by atoms with van der Waals surface area (Å²) < 4.78 is 1.74. The second kappa shape index (κ2) is 3.90. The van der Waals surface area contributed by atoms with E-state index in [1.54, 1.807) is 12.1 Å². The number of hydrogen-bond acceptors (Lipinski definition) is 2. The fourth-order valence-corrected chi connectivity index (χ4v) is 1.92. The number of amides is 2. The molecule has 2 rings (SSSR count). The highest BCUT2D eigenvalue weighted by molar-refractivity contribution is 9.13. The third-order valence-electron chi connectivity index (χ3n) is 1.99. The first-order chi connectivity index (χ1) is 7.08. The van der Waals surface area contributed by atoms with Crippen LogP contribution in [0.25, 0.3) is 5.57 Å². The van der Waals surface area contributed by atoms with E-state index in [2.05, 4.69) is 37.2 Å². The molecule has 0 saturated carbocycles. The molecule has 2 amide bonds. The molecule has 15 heavy (non-hydrogen) atoms. The summed E-state index contributed by atoms with van der Waals surface area (Å²) in [4.78, 5) is 22.3. The van der Waals surface area contributed by atoms with Gasteiger partial charge in [-0.3, -0.25) is 14.9 Å². The van der Waals surface area contributed by atoms with E-state index in [1.807, 2.05) is 6.07 Å². The molecule has 0 atom stereocenters. The van der Waals surface area contributed by atoms with Gasteiger partial charge in [-0.15, -0.1) is 0 Å². The van der Waals surface area contributed by atoms with Crippen LogP contribution in [0.3, 0.4) is 0 Å². The Morgan fingerprint density at radius 2 is 1.80 bits per heavy atom. The van der Waals surface area contributed by atoms with Crippen LogP contribution in [0.2, 0.25) is 0 Å². The van der Waals surface area contributed by atoms with Gasteiger partial charge in [-0.05, 0) is 49.6 Å². The lowest BCUT2D eigenvalue weighted by atomic mass is 10.1. The van der Waals surface area contributed by atoms with Crippen molar-refractivity contribution in [2.75, 3.05) is 0 Å². The number of carbonyl (C=O) groups excluding carboxylic acids is 2. The summed E-state index contributed by atoms with van der Waals surface area (Å²) in [6.07, 6.45) is 1.30. The minimum atomic E-state index is -0.367. The average molecular weight is 331 g/mol. The fraction of sp³-hybridized carbons (Fsp3) is 0. The first-order valence-corrected chi connectivity index (χ1v) is 5.69. The van der Waals surface area contributed by atoms with Gasteiger partial charge in [0, 0.05) is 15.0 Å². The van der Waals surface area contributed by atoms with Crippen LogP contribution in [-0.2, 0) is 9.59 Å². The van der Waals surface area contributed by atoms with E-state index >= 15 is 0 Å². The molecule has 3 nitrogen and oxygen atoms in total. The van der Waals surface area contributed by atoms with Crippen molar-refractivity contribution in [3.05, 3.63) is 38.8 Å². The lowest BCUT2D eigenvalue weighted by molar-refractivity contribution is -0.123. The van der Waals surface area contributed by atoms with Crippen molar-refractivity contribution in [3.63, 3.8) is 0 Å².